The quantitative estimate of drug-likeness (QED) is 0.0709. The minimum absolute atomic E-state index is 0.551. The van der Waals surface area contributed by atoms with Gasteiger partial charge in [0.15, 0.2) is 0 Å². The summed E-state index contributed by atoms with van der Waals surface area (Å²) in [6.07, 6.45) is 18.3. The molecule has 4 fully saturated rings. The first-order valence-corrected chi connectivity index (χ1v) is 29.1. The van der Waals surface area contributed by atoms with Crippen molar-refractivity contribution in [2.75, 3.05) is 65.6 Å². The molecular formula is C33H56N4O4S12. The first kappa shape index (κ1) is 47.9. The van der Waals surface area contributed by atoms with E-state index in [2.05, 4.69) is 19.6 Å². The Labute approximate surface area is 371 Å². The van der Waals surface area contributed by atoms with Crippen LogP contribution in [0.1, 0.15) is 103 Å². The van der Waals surface area contributed by atoms with Crippen LogP contribution in [-0.4, -0.2) is 127 Å². The van der Waals surface area contributed by atoms with E-state index in [0.717, 1.165) is 128 Å². The number of nitrogens with zero attached hydrogens (tertiary/aromatic N) is 4. The number of rotatable bonds is 13. The molecule has 4 aliphatic rings. The maximum Gasteiger partial charge on any atom is 0.208 e. The van der Waals surface area contributed by atoms with Crippen LogP contribution in [0.3, 0.4) is 0 Å². The van der Waals surface area contributed by atoms with Gasteiger partial charge in [0.25, 0.3) is 0 Å². The van der Waals surface area contributed by atoms with Gasteiger partial charge in [-0.15, -0.1) is 0 Å². The Hall–Kier alpha value is 2.20. The summed E-state index contributed by atoms with van der Waals surface area (Å²) in [5.74, 6) is 0. The van der Waals surface area contributed by atoms with E-state index < -0.39 is 28.3 Å². The molecule has 4 aliphatic heterocycles. The Bertz CT molecular complexity index is 1090. The summed E-state index contributed by atoms with van der Waals surface area (Å²) in [7, 11) is 9.40. The zero-order valence-corrected chi connectivity index (χ0v) is 40.2. The van der Waals surface area contributed by atoms with E-state index in [1.54, 1.807) is 0 Å². The molecule has 53 heavy (non-hydrogen) atoms. The minimum atomic E-state index is -1.57. The lowest BCUT2D eigenvalue weighted by Crippen LogP contribution is -2.55. The summed E-state index contributed by atoms with van der Waals surface area (Å²) in [6, 6.07) is 0. The molecule has 0 aromatic heterocycles. The molecule has 20 heteroatoms. The molecular weight excluding hydrogens is 901 g/mol. The molecule has 0 aromatic rings. The van der Waals surface area contributed by atoms with Gasteiger partial charge in [-0.2, -0.15) is 0 Å². The van der Waals surface area contributed by atoms with Crippen LogP contribution in [0.5, 0.6) is 0 Å². The number of thiocarbonyl (C=S) groups is 4. The molecule has 1 atom stereocenters. The Balaban J connectivity index is 1.63. The molecule has 1 unspecified atom stereocenters. The largest absolute Gasteiger partial charge is 0.395 e. The van der Waals surface area contributed by atoms with E-state index in [1.807, 2.05) is 0 Å². The van der Waals surface area contributed by atoms with Crippen molar-refractivity contribution >= 4 is 153 Å². The molecule has 0 aliphatic carbocycles. The second-order valence-electron chi connectivity index (χ2n) is 13.8. The van der Waals surface area contributed by atoms with Gasteiger partial charge in [-0.3, -0.25) is 4.18 Å². The summed E-state index contributed by atoms with van der Waals surface area (Å²) < 4.78 is 8.36. The van der Waals surface area contributed by atoms with E-state index in [1.165, 1.54) is 127 Å². The fourth-order valence-electron chi connectivity index (χ4n) is 6.52. The number of hydrogen-bond donors (Lipinski definition) is 3. The highest BCUT2D eigenvalue weighted by Gasteiger charge is 2.60. The van der Waals surface area contributed by atoms with Crippen molar-refractivity contribution in [1.82, 2.24) is 19.6 Å². The van der Waals surface area contributed by atoms with Crippen molar-refractivity contribution in [3.05, 3.63) is 0 Å². The smallest absolute Gasteiger partial charge is 0.208 e. The van der Waals surface area contributed by atoms with Crippen LogP contribution in [0.25, 0.3) is 0 Å². The SMILES string of the molecule is OCC(CO)(C(O)SSC(=S)N1CCCCCC1)C(OSSC(=S)N1CCCCCC1)(SSC(=S)N1CCCCCC1)SSC(=S)N1CCCCCC1. The van der Waals surface area contributed by atoms with Crippen LogP contribution >= 0.6 is 136 Å². The normalized spacial score (nSPS) is 20.6. The third kappa shape index (κ3) is 15.0. The molecule has 4 heterocycles. The molecule has 304 valence electrons. The summed E-state index contributed by atoms with van der Waals surface area (Å²) >= 11 is 25.0. The average Bonchev–Trinajstić information content (AvgIpc) is 3.81. The van der Waals surface area contributed by atoms with Gasteiger partial charge in [-0.1, -0.05) is 111 Å². The third-order valence-electron chi connectivity index (χ3n) is 10.0. The lowest BCUT2D eigenvalue weighted by Gasteiger charge is -2.47. The number of hydrogen-bond acceptors (Lipinski definition) is 16. The predicted octanol–water partition coefficient (Wildman–Crippen LogP) is 10.0. The van der Waals surface area contributed by atoms with Gasteiger partial charge < -0.3 is 34.9 Å². The second kappa shape index (κ2) is 26.4. The monoisotopic (exact) mass is 956 g/mol. The van der Waals surface area contributed by atoms with Gasteiger partial charge in [-0.05, 0) is 105 Å². The summed E-state index contributed by atoms with van der Waals surface area (Å²) in [5.41, 5.74) is -2.84. The summed E-state index contributed by atoms with van der Waals surface area (Å²) in [5, 5.41) is 35.1. The van der Waals surface area contributed by atoms with Crippen molar-refractivity contribution in [3.8, 4) is 0 Å². The van der Waals surface area contributed by atoms with Gasteiger partial charge in [0, 0.05) is 63.2 Å². The molecule has 0 radical (unpaired) electrons. The van der Waals surface area contributed by atoms with Crippen molar-refractivity contribution < 1.29 is 19.5 Å². The minimum Gasteiger partial charge on any atom is -0.395 e. The highest BCUT2D eigenvalue weighted by Crippen LogP contribution is 2.64. The van der Waals surface area contributed by atoms with Crippen molar-refractivity contribution in [1.29, 1.82) is 0 Å². The Morgan fingerprint density at radius 2 is 0.792 bits per heavy atom. The van der Waals surface area contributed by atoms with Gasteiger partial charge in [-0.25, -0.2) is 0 Å². The number of aliphatic hydroxyl groups is 3. The number of likely N-dealkylation sites (tertiary alicyclic amines) is 4. The van der Waals surface area contributed by atoms with E-state index >= 15 is 0 Å². The van der Waals surface area contributed by atoms with Gasteiger partial charge in [0.1, 0.15) is 28.1 Å². The van der Waals surface area contributed by atoms with Gasteiger partial charge in [0.05, 0.1) is 24.3 Å². The average molecular weight is 958 g/mol. The fourth-order valence-corrected chi connectivity index (χ4v) is 19.9. The van der Waals surface area contributed by atoms with Crippen LogP contribution in [0.15, 0.2) is 0 Å². The Kier molecular flexibility index (Phi) is 23.9. The van der Waals surface area contributed by atoms with Crippen LogP contribution in [0.2, 0.25) is 0 Å². The zero-order chi connectivity index (χ0) is 37.9. The highest BCUT2D eigenvalue weighted by molar-refractivity contribution is 8.92. The van der Waals surface area contributed by atoms with Crippen molar-refractivity contribution in [3.63, 3.8) is 0 Å². The maximum absolute atomic E-state index is 12.2. The topological polar surface area (TPSA) is 82.9 Å². The third-order valence-corrected chi connectivity index (χ3v) is 24.0. The summed E-state index contributed by atoms with van der Waals surface area (Å²) in [6.45, 7) is 6.10. The molecule has 0 amide bonds. The van der Waals surface area contributed by atoms with Gasteiger partial charge >= 0.3 is 0 Å². The molecule has 0 spiro atoms. The molecule has 4 saturated heterocycles. The zero-order valence-electron chi connectivity index (χ0n) is 30.4. The first-order valence-electron chi connectivity index (χ1n) is 18.9. The van der Waals surface area contributed by atoms with Crippen molar-refractivity contribution in [2.24, 2.45) is 5.41 Å². The van der Waals surface area contributed by atoms with Crippen LogP contribution < -0.4 is 0 Å². The molecule has 8 nitrogen and oxygen atoms in total. The lowest BCUT2D eigenvalue weighted by atomic mass is 9.91. The van der Waals surface area contributed by atoms with Crippen molar-refractivity contribution in [2.45, 2.75) is 112 Å². The predicted molar refractivity (Wildman–Crippen MR) is 258 cm³/mol. The second-order valence-corrected chi connectivity index (χ2v) is 25.3. The molecule has 0 aromatic carbocycles. The lowest BCUT2D eigenvalue weighted by molar-refractivity contribution is -0.0591. The van der Waals surface area contributed by atoms with Crippen LogP contribution in [-0.2, 0) is 4.18 Å². The molecule has 4 rings (SSSR count). The van der Waals surface area contributed by atoms with Crippen LogP contribution in [0, 0.1) is 5.41 Å². The van der Waals surface area contributed by atoms with E-state index in [0.29, 0.717) is 4.32 Å². The van der Waals surface area contributed by atoms with E-state index in [4.69, 9.17) is 53.1 Å². The Morgan fingerprint density at radius 1 is 0.491 bits per heavy atom. The first-order chi connectivity index (χ1) is 25.7. The maximum atomic E-state index is 12.2. The Morgan fingerprint density at radius 3 is 1.11 bits per heavy atom. The standard InChI is InChI=1S/C33H56N4O4S12/c38-25-32(26-39,27(40)46-47-28(42)34-17-9-1-2-10-18-34)33(51-48-29(43)35-19-11-3-4-12-20-35,52-49-30(44)36-21-13-5-6-14-22-36)41-53-50-31(45)37-23-15-7-8-16-24-37/h27,38-40H,1-26H2. The van der Waals surface area contributed by atoms with E-state index in [9.17, 15) is 15.3 Å². The molecule has 0 bridgehead atoms. The van der Waals surface area contributed by atoms with Gasteiger partial charge in [0.2, 0.25) is 4.27 Å². The number of aliphatic hydroxyl groups excluding tert-OH is 3. The highest BCUT2D eigenvalue weighted by atomic mass is 33.1. The van der Waals surface area contributed by atoms with Crippen LogP contribution in [0.4, 0.5) is 0 Å². The summed E-state index contributed by atoms with van der Waals surface area (Å²) in [4.78, 5) is 8.96. The molecule has 3 N–H and O–H groups in total. The molecule has 0 saturated carbocycles. The fraction of sp³-hybridized carbons (Fsp3) is 0.879. The van der Waals surface area contributed by atoms with E-state index in [-0.39, 0.29) is 0 Å².